The van der Waals surface area contributed by atoms with Gasteiger partial charge in [0.25, 0.3) is 0 Å². The molecular formula is C16H13N3O5. The highest BCUT2D eigenvalue weighted by atomic mass is 16.6. The van der Waals surface area contributed by atoms with Crippen molar-refractivity contribution >= 4 is 17.0 Å². The molecule has 0 aliphatic heterocycles. The molecule has 1 N–H and O–H groups in total. The zero-order chi connectivity index (χ0) is 17.7. The van der Waals surface area contributed by atoms with Crippen molar-refractivity contribution in [2.75, 3.05) is 14.2 Å². The highest BCUT2D eigenvalue weighted by Crippen LogP contribution is 2.40. The van der Waals surface area contributed by atoms with E-state index in [1.807, 2.05) is 6.07 Å². The van der Waals surface area contributed by atoms with Crippen molar-refractivity contribution in [1.29, 1.82) is 5.26 Å². The summed E-state index contributed by atoms with van der Waals surface area (Å²) in [5.74, 6) is -0.456. The van der Waals surface area contributed by atoms with Crippen molar-refractivity contribution in [3.05, 3.63) is 57.9 Å². The molecule has 0 radical (unpaired) electrons. The molecule has 0 amide bonds. The van der Waals surface area contributed by atoms with E-state index in [4.69, 9.17) is 9.47 Å². The average molecular weight is 327 g/mol. The highest BCUT2D eigenvalue weighted by molar-refractivity contribution is 5.93. The lowest BCUT2D eigenvalue weighted by Crippen LogP contribution is -2.00. The van der Waals surface area contributed by atoms with Crippen LogP contribution in [0.15, 0.2) is 36.5 Å². The molecule has 2 aromatic rings. The molecule has 0 unspecified atom stereocenters. The second kappa shape index (κ2) is 7.11. The van der Waals surface area contributed by atoms with Crippen LogP contribution in [0.1, 0.15) is 11.3 Å². The summed E-state index contributed by atoms with van der Waals surface area (Å²) in [7, 11) is 2.59. The lowest BCUT2D eigenvalue weighted by Gasteiger charge is -2.11. The van der Waals surface area contributed by atoms with Crippen LogP contribution in [-0.4, -0.2) is 29.2 Å². The fraction of sp³-hybridized carbons (Fsp3) is 0.125. The van der Waals surface area contributed by atoms with Crippen LogP contribution in [0.5, 0.6) is 11.5 Å². The number of aliphatic hydroxyl groups excluding tert-OH is 1. The van der Waals surface area contributed by atoms with E-state index >= 15 is 0 Å². The number of nitro groups is 1. The van der Waals surface area contributed by atoms with Gasteiger partial charge in [0.2, 0.25) is 5.75 Å². The maximum absolute atomic E-state index is 11.2. The van der Waals surface area contributed by atoms with Gasteiger partial charge in [-0.2, -0.15) is 5.26 Å². The van der Waals surface area contributed by atoms with Gasteiger partial charge in [0.05, 0.1) is 24.8 Å². The van der Waals surface area contributed by atoms with E-state index in [0.717, 1.165) is 6.07 Å². The van der Waals surface area contributed by atoms with Gasteiger partial charge >= 0.3 is 5.69 Å². The number of aliphatic hydroxyl groups is 1. The topological polar surface area (TPSA) is 119 Å². The molecule has 0 spiro atoms. The largest absolute Gasteiger partial charge is 0.506 e. The van der Waals surface area contributed by atoms with E-state index < -0.39 is 16.4 Å². The number of nitro benzene ring substituents is 1. The SMILES string of the molecule is COc1cc(/C(O)=C(\C#N)c2ccccn2)cc([N+](=O)[O-])c1OC. The summed E-state index contributed by atoms with van der Waals surface area (Å²) in [6, 6.07) is 9.18. The lowest BCUT2D eigenvalue weighted by atomic mass is 10.0. The third-order valence-corrected chi connectivity index (χ3v) is 3.20. The van der Waals surface area contributed by atoms with Crippen LogP contribution in [0.3, 0.4) is 0 Å². The summed E-state index contributed by atoms with van der Waals surface area (Å²) in [4.78, 5) is 14.6. The Labute approximate surface area is 137 Å². The Balaban J connectivity index is 2.71. The van der Waals surface area contributed by atoms with Crippen molar-refractivity contribution in [1.82, 2.24) is 4.98 Å². The van der Waals surface area contributed by atoms with Crippen LogP contribution in [0.25, 0.3) is 11.3 Å². The number of ether oxygens (including phenoxy) is 2. The predicted octanol–water partition coefficient (Wildman–Crippen LogP) is 2.96. The Morgan fingerprint density at radius 2 is 2.08 bits per heavy atom. The summed E-state index contributed by atoms with van der Waals surface area (Å²) >= 11 is 0. The number of allylic oxidation sites excluding steroid dienone is 1. The number of aromatic nitrogens is 1. The Morgan fingerprint density at radius 1 is 1.33 bits per heavy atom. The molecule has 0 bridgehead atoms. The number of nitrogens with zero attached hydrogens (tertiary/aromatic N) is 3. The van der Waals surface area contributed by atoms with Crippen molar-refractivity contribution in [3.63, 3.8) is 0 Å². The molecule has 1 aromatic heterocycles. The monoisotopic (exact) mass is 327 g/mol. The van der Waals surface area contributed by atoms with E-state index in [2.05, 4.69) is 4.98 Å². The number of hydrogen-bond donors (Lipinski definition) is 1. The molecule has 122 valence electrons. The van der Waals surface area contributed by atoms with Gasteiger partial charge in [-0.05, 0) is 18.2 Å². The molecular weight excluding hydrogens is 314 g/mol. The van der Waals surface area contributed by atoms with E-state index in [1.165, 1.54) is 26.5 Å². The van der Waals surface area contributed by atoms with Crippen LogP contribution in [-0.2, 0) is 0 Å². The van der Waals surface area contributed by atoms with Gasteiger partial charge < -0.3 is 14.6 Å². The Hall–Kier alpha value is -3.60. The quantitative estimate of drug-likeness (QED) is 0.388. The fourth-order valence-electron chi connectivity index (χ4n) is 2.10. The van der Waals surface area contributed by atoms with Crippen molar-refractivity contribution in [3.8, 4) is 17.6 Å². The fourth-order valence-corrected chi connectivity index (χ4v) is 2.10. The normalized spacial score (nSPS) is 11.2. The molecule has 8 heteroatoms. The minimum Gasteiger partial charge on any atom is -0.506 e. The molecule has 8 nitrogen and oxygen atoms in total. The van der Waals surface area contributed by atoms with Gasteiger partial charge in [0.1, 0.15) is 17.4 Å². The van der Waals surface area contributed by atoms with Gasteiger partial charge in [0.15, 0.2) is 5.75 Å². The van der Waals surface area contributed by atoms with E-state index in [-0.39, 0.29) is 28.3 Å². The molecule has 1 aromatic carbocycles. The number of pyridine rings is 1. The molecule has 0 fully saturated rings. The maximum Gasteiger partial charge on any atom is 0.315 e. The van der Waals surface area contributed by atoms with E-state index in [0.29, 0.717) is 0 Å². The minimum absolute atomic E-state index is 0.0431. The summed E-state index contributed by atoms with van der Waals surface area (Å²) in [6.45, 7) is 0. The van der Waals surface area contributed by atoms with E-state index in [1.54, 1.807) is 18.2 Å². The highest BCUT2D eigenvalue weighted by Gasteiger charge is 2.24. The van der Waals surface area contributed by atoms with Crippen molar-refractivity contribution in [2.24, 2.45) is 0 Å². The molecule has 0 aliphatic carbocycles. The standard InChI is InChI=1S/C16H13N3O5/c1-23-14-8-10(7-13(19(21)22)16(14)24-2)15(20)11(9-17)12-5-3-4-6-18-12/h3-8,20H,1-2H3/b15-11-. The number of hydrogen-bond acceptors (Lipinski definition) is 7. The van der Waals surface area contributed by atoms with Crippen molar-refractivity contribution < 1.29 is 19.5 Å². The molecule has 0 saturated carbocycles. The van der Waals surface area contributed by atoms with Crippen LogP contribution >= 0.6 is 0 Å². The molecule has 0 saturated heterocycles. The minimum atomic E-state index is -0.662. The molecule has 0 aliphatic rings. The van der Waals surface area contributed by atoms with Gasteiger partial charge in [-0.1, -0.05) is 6.07 Å². The maximum atomic E-state index is 11.2. The third kappa shape index (κ3) is 3.10. The zero-order valence-corrected chi connectivity index (χ0v) is 12.9. The Bertz CT molecular complexity index is 841. The summed E-state index contributed by atoms with van der Waals surface area (Å²) < 4.78 is 10.1. The smallest absolute Gasteiger partial charge is 0.315 e. The summed E-state index contributed by atoms with van der Waals surface area (Å²) in [5.41, 5.74) is -0.217. The number of rotatable bonds is 5. The zero-order valence-electron chi connectivity index (χ0n) is 12.9. The first kappa shape index (κ1) is 16.8. The van der Waals surface area contributed by atoms with Crippen LogP contribution in [0.4, 0.5) is 5.69 Å². The number of nitriles is 1. The molecule has 1 heterocycles. The first-order chi connectivity index (χ1) is 11.5. The lowest BCUT2D eigenvalue weighted by molar-refractivity contribution is -0.385. The van der Waals surface area contributed by atoms with Gasteiger partial charge in [0, 0.05) is 17.8 Å². The molecule has 24 heavy (non-hydrogen) atoms. The second-order valence-electron chi connectivity index (χ2n) is 4.54. The van der Waals surface area contributed by atoms with Crippen molar-refractivity contribution in [2.45, 2.75) is 0 Å². The Kier molecular flexibility index (Phi) is 4.96. The van der Waals surface area contributed by atoms with Crippen LogP contribution in [0, 0.1) is 21.4 Å². The third-order valence-electron chi connectivity index (χ3n) is 3.20. The first-order valence-electron chi connectivity index (χ1n) is 6.69. The Morgan fingerprint density at radius 3 is 2.58 bits per heavy atom. The van der Waals surface area contributed by atoms with Gasteiger partial charge in [-0.25, -0.2) is 0 Å². The van der Waals surface area contributed by atoms with Gasteiger partial charge in [-0.3, -0.25) is 15.1 Å². The van der Waals surface area contributed by atoms with E-state index in [9.17, 15) is 20.5 Å². The molecule has 0 atom stereocenters. The van der Waals surface area contributed by atoms with Crippen LogP contribution < -0.4 is 9.47 Å². The van der Waals surface area contributed by atoms with Crippen LogP contribution in [0.2, 0.25) is 0 Å². The average Bonchev–Trinajstić information content (AvgIpc) is 2.61. The molecule has 2 rings (SSSR count). The summed E-state index contributed by atoms with van der Waals surface area (Å²) in [5, 5.41) is 31.0. The first-order valence-corrected chi connectivity index (χ1v) is 6.69. The van der Waals surface area contributed by atoms with Gasteiger partial charge in [-0.15, -0.1) is 0 Å². The number of benzene rings is 1. The predicted molar refractivity (Wildman–Crippen MR) is 85.5 cm³/mol. The summed E-state index contributed by atoms with van der Waals surface area (Å²) in [6.07, 6.45) is 1.47. The second-order valence-corrected chi connectivity index (χ2v) is 4.54. The number of methoxy groups -OCH3 is 2.